The summed E-state index contributed by atoms with van der Waals surface area (Å²) in [6, 6.07) is 10.6. The maximum Gasteiger partial charge on any atom is 0.168 e. The molecule has 6 nitrogen and oxygen atoms in total. The van der Waals surface area contributed by atoms with Crippen molar-refractivity contribution in [3.05, 3.63) is 42.9 Å². The van der Waals surface area contributed by atoms with Crippen molar-refractivity contribution in [3.8, 4) is 5.69 Å². The number of para-hydroxylation sites is 1. The summed E-state index contributed by atoms with van der Waals surface area (Å²) >= 11 is 0. The normalized spacial score (nSPS) is 11.5. The van der Waals surface area contributed by atoms with Crippen molar-refractivity contribution >= 4 is 16.9 Å². The zero-order valence-electron chi connectivity index (χ0n) is 14.5. The summed E-state index contributed by atoms with van der Waals surface area (Å²) in [4.78, 5) is 11.2. The Labute approximate surface area is 142 Å². The highest BCUT2D eigenvalue weighted by molar-refractivity contribution is 5.87. The standard InChI is InChI=1S/C18H24N6/c1-4-23(14(2)3)11-10-19-17-16-12-22-24(18(16)21-13-20-17)15-8-6-5-7-9-15/h5-9,12-14H,4,10-11H2,1-3H3,(H,19,20,21). The molecule has 6 heteroatoms. The minimum atomic E-state index is 0.544. The molecular formula is C18H24N6. The molecule has 3 aromatic rings. The van der Waals surface area contributed by atoms with Crippen molar-refractivity contribution in [3.63, 3.8) is 0 Å². The van der Waals surface area contributed by atoms with E-state index in [9.17, 15) is 0 Å². The lowest BCUT2D eigenvalue weighted by Crippen LogP contribution is -2.34. The Kier molecular flexibility index (Phi) is 5.05. The molecule has 0 fully saturated rings. The fourth-order valence-corrected chi connectivity index (χ4v) is 2.84. The molecule has 3 rings (SSSR count). The van der Waals surface area contributed by atoms with Gasteiger partial charge in [-0.2, -0.15) is 5.10 Å². The van der Waals surface area contributed by atoms with Crippen LogP contribution < -0.4 is 5.32 Å². The van der Waals surface area contributed by atoms with Crippen LogP contribution in [-0.4, -0.2) is 50.3 Å². The zero-order chi connectivity index (χ0) is 16.9. The van der Waals surface area contributed by atoms with Crippen LogP contribution in [0.2, 0.25) is 0 Å². The topological polar surface area (TPSA) is 58.9 Å². The Morgan fingerprint density at radius 3 is 2.67 bits per heavy atom. The fraction of sp³-hybridized carbons (Fsp3) is 0.389. The zero-order valence-corrected chi connectivity index (χ0v) is 14.5. The molecule has 0 radical (unpaired) electrons. The summed E-state index contributed by atoms with van der Waals surface area (Å²) in [6.07, 6.45) is 3.41. The molecule has 0 bridgehead atoms. The second kappa shape index (κ2) is 7.40. The summed E-state index contributed by atoms with van der Waals surface area (Å²) in [5.74, 6) is 0.835. The Morgan fingerprint density at radius 1 is 1.17 bits per heavy atom. The van der Waals surface area contributed by atoms with Crippen molar-refractivity contribution in [1.29, 1.82) is 0 Å². The third-order valence-electron chi connectivity index (χ3n) is 4.19. The van der Waals surface area contributed by atoms with Gasteiger partial charge in [0.2, 0.25) is 0 Å². The van der Waals surface area contributed by atoms with Crippen LogP contribution in [-0.2, 0) is 0 Å². The van der Waals surface area contributed by atoms with Gasteiger partial charge in [0.05, 0.1) is 17.3 Å². The van der Waals surface area contributed by atoms with Gasteiger partial charge in [-0.25, -0.2) is 14.6 Å². The first-order valence-corrected chi connectivity index (χ1v) is 8.42. The number of rotatable bonds is 7. The number of hydrogen-bond acceptors (Lipinski definition) is 5. The van der Waals surface area contributed by atoms with E-state index in [0.717, 1.165) is 42.2 Å². The third-order valence-corrected chi connectivity index (χ3v) is 4.19. The maximum atomic E-state index is 4.48. The first kappa shape index (κ1) is 16.4. The molecule has 0 saturated carbocycles. The number of benzene rings is 1. The molecule has 0 unspecified atom stereocenters. The van der Waals surface area contributed by atoms with E-state index in [1.165, 1.54) is 0 Å². The molecule has 2 heterocycles. The Balaban J connectivity index is 1.79. The molecule has 1 aromatic carbocycles. The van der Waals surface area contributed by atoms with Gasteiger partial charge in [-0.3, -0.25) is 4.90 Å². The quantitative estimate of drug-likeness (QED) is 0.724. The highest BCUT2D eigenvalue weighted by Crippen LogP contribution is 2.21. The first-order chi connectivity index (χ1) is 11.7. The van der Waals surface area contributed by atoms with E-state index in [2.05, 4.69) is 46.1 Å². The predicted molar refractivity (Wildman–Crippen MR) is 97.5 cm³/mol. The van der Waals surface area contributed by atoms with E-state index in [1.54, 1.807) is 6.33 Å². The van der Waals surface area contributed by atoms with Crippen LogP contribution in [0.25, 0.3) is 16.7 Å². The molecule has 0 aliphatic heterocycles. The predicted octanol–water partition coefficient (Wildman–Crippen LogP) is 2.96. The van der Waals surface area contributed by atoms with Crippen LogP contribution in [0.5, 0.6) is 0 Å². The van der Waals surface area contributed by atoms with Crippen LogP contribution >= 0.6 is 0 Å². The largest absolute Gasteiger partial charge is 0.368 e. The highest BCUT2D eigenvalue weighted by atomic mass is 15.3. The van der Waals surface area contributed by atoms with E-state index in [4.69, 9.17) is 0 Å². The van der Waals surface area contributed by atoms with Crippen molar-refractivity contribution in [2.45, 2.75) is 26.8 Å². The lowest BCUT2D eigenvalue weighted by molar-refractivity contribution is 0.243. The van der Waals surface area contributed by atoms with Gasteiger partial charge in [-0.15, -0.1) is 0 Å². The van der Waals surface area contributed by atoms with Crippen LogP contribution in [0.3, 0.4) is 0 Å². The van der Waals surface area contributed by atoms with Crippen LogP contribution in [0.15, 0.2) is 42.9 Å². The Bertz CT molecular complexity index is 781. The van der Waals surface area contributed by atoms with Crippen LogP contribution in [0.4, 0.5) is 5.82 Å². The second-order valence-corrected chi connectivity index (χ2v) is 6.00. The fourth-order valence-electron chi connectivity index (χ4n) is 2.84. The van der Waals surface area contributed by atoms with E-state index in [0.29, 0.717) is 6.04 Å². The molecule has 0 amide bonds. The van der Waals surface area contributed by atoms with E-state index in [-0.39, 0.29) is 0 Å². The van der Waals surface area contributed by atoms with Gasteiger partial charge < -0.3 is 5.32 Å². The number of likely N-dealkylation sites (N-methyl/N-ethyl adjacent to an activating group) is 1. The molecule has 0 atom stereocenters. The SMILES string of the molecule is CCN(CCNc1ncnc2c1cnn2-c1ccccc1)C(C)C. The third kappa shape index (κ3) is 3.38. The second-order valence-electron chi connectivity index (χ2n) is 6.00. The van der Waals surface area contributed by atoms with Crippen molar-refractivity contribution in [2.24, 2.45) is 0 Å². The van der Waals surface area contributed by atoms with Gasteiger partial charge in [0.15, 0.2) is 5.65 Å². The van der Waals surface area contributed by atoms with Gasteiger partial charge in [0.1, 0.15) is 12.1 Å². The van der Waals surface area contributed by atoms with Crippen molar-refractivity contribution < 1.29 is 0 Å². The number of nitrogens with one attached hydrogen (secondary N) is 1. The number of hydrogen-bond donors (Lipinski definition) is 1. The smallest absolute Gasteiger partial charge is 0.168 e. The Morgan fingerprint density at radius 2 is 1.96 bits per heavy atom. The lowest BCUT2D eigenvalue weighted by Gasteiger charge is -2.24. The molecule has 0 aliphatic rings. The number of nitrogens with zero attached hydrogens (tertiary/aromatic N) is 5. The average molecular weight is 324 g/mol. The average Bonchev–Trinajstić information content (AvgIpc) is 3.04. The van der Waals surface area contributed by atoms with Crippen LogP contribution in [0.1, 0.15) is 20.8 Å². The number of anilines is 1. The maximum absolute atomic E-state index is 4.48. The summed E-state index contributed by atoms with van der Waals surface area (Å²) in [5.41, 5.74) is 1.81. The van der Waals surface area contributed by atoms with Gasteiger partial charge in [-0.05, 0) is 32.5 Å². The number of fused-ring (bicyclic) bond motifs is 1. The van der Waals surface area contributed by atoms with Crippen molar-refractivity contribution in [1.82, 2.24) is 24.6 Å². The number of aromatic nitrogens is 4. The van der Waals surface area contributed by atoms with Gasteiger partial charge in [-0.1, -0.05) is 25.1 Å². The monoisotopic (exact) mass is 324 g/mol. The molecule has 24 heavy (non-hydrogen) atoms. The van der Waals surface area contributed by atoms with E-state index < -0.39 is 0 Å². The highest BCUT2D eigenvalue weighted by Gasteiger charge is 2.11. The van der Waals surface area contributed by atoms with Crippen molar-refractivity contribution in [2.75, 3.05) is 25.0 Å². The summed E-state index contributed by atoms with van der Waals surface area (Å²) in [7, 11) is 0. The van der Waals surface area contributed by atoms with Gasteiger partial charge >= 0.3 is 0 Å². The molecule has 2 aromatic heterocycles. The Hall–Kier alpha value is -2.47. The van der Waals surface area contributed by atoms with E-state index in [1.807, 2.05) is 41.2 Å². The molecule has 0 spiro atoms. The molecule has 0 aliphatic carbocycles. The minimum absolute atomic E-state index is 0.544. The van der Waals surface area contributed by atoms with Gasteiger partial charge in [0, 0.05) is 19.1 Å². The summed E-state index contributed by atoms with van der Waals surface area (Å²) in [5, 5.41) is 8.84. The lowest BCUT2D eigenvalue weighted by atomic mass is 10.3. The van der Waals surface area contributed by atoms with Crippen LogP contribution in [0, 0.1) is 0 Å². The summed E-state index contributed by atoms with van der Waals surface area (Å²) in [6.45, 7) is 9.49. The molecule has 126 valence electrons. The minimum Gasteiger partial charge on any atom is -0.368 e. The molecular weight excluding hydrogens is 300 g/mol. The van der Waals surface area contributed by atoms with E-state index >= 15 is 0 Å². The molecule has 1 N–H and O–H groups in total. The molecule has 0 saturated heterocycles. The first-order valence-electron chi connectivity index (χ1n) is 8.42. The summed E-state index contributed by atoms with van der Waals surface area (Å²) < 4.78 is 1.84. The van der Waals surface area contributed by atoms with Gasteiger partial charge in [0.25, 0.3) is 0 Å².